The molecule has 2 atom stereocenters. The molecule has 1 aromatic carbocycles. The molecule has 1 N–H and O–H groups in total. The van der Waals surface area contributed by atoms with Crippen LogP contribution in [0.3, 0.4) is 0 Å². The third-order valence-electron chi connectivity index (χ3n) is 5.88. The second-order valence-electron chi connectivity index (χ2n) is 8.36. The van der Waals surface area contributed by atoms with Gasteiger partial charge in [0.2, 0.25) is 5.91 Å². The Morgan fingerprint density at radius 2 is 2.16 bits per heavy atom. The van der Waals surface area contributed by atoms with Crippen molar-refractivity contribution in [1.29, 1.82) is 0 Å². The van der Waals surface area contributed by atoms with E-state index in [0.717, 1.165) is 29.5 Å². The predicted octanol–water partition coefficient (Wildman–Crippen LogP) is 4.92. The average molecular weight is 470 g/mol. The van der Waals surface area contributed by atoms with Gasteiger partial charge in [-0.05, 0) is 63.6 Å². The number of hydrogen-bond donors (Lipinski definition) is 1. The molecule has 4 rings (SSSR count). The number of thiophene rings is 1. The van der Waals surface area contributed by atoms with Gasteiger partial charge in [0.15, 0.2) is 10.9 Å². The smallest absolute Gasteiger partial charge is 0.263 e. The normalized spacial score (nSPS) is 16.6. The van der Waals surface area contributed by atoms with E-state index in [9.17, 15) is 14.4 Å². The number of Topliss-reactive ketones (excluding diaryl/α,β-unsaturated/α-hetero) is 1. The summed E-state index contributed by atoms with van der Waals surface area (Å²) >= 11 is 2.91. The molecule has 0 saturated heterocycles. The quantitative estimate of drug-likeness (QED) is 0.315. The molecule has 0 saturated carbocycles. The second-order valence-corrected chi connectivity index (χ2v) is 10.8. The van der Waals surface area contributed by atoms with E-state index >= 15 is 0 Å². The molecule has 2 aromatic heterocycles. The minimum Gasteiger partial charge on any atom is -0.325 e. The lowest BCUT2D eigenvalue weighted by Gasteiger charge is -2.18. The molecule has 0 fully saturated rings. The Labute approximate surface area is 195 Å². The van der Waals surface area contributed by atoms with Crippen molar-refractivity contribution in [1.82, 2.24) is 9.55 Å². The van der Waals surface area contributed by atoms with Gasteiger partial charge >= 0.3 is 0 Å². The van der Waals surface area contributed by atoms with Crippen LogP contribution in [0.15, 0.2) is 34.2 Å². The number of fused-ring (bicyclic) bond motifs is 3. The molecule has 0 aliphatic heterocycles. The van der Waals surface area contributed by atoms with Gasteiger partial charge in [0.05, 0.1) is 10.6 Å². The predicted molar refractivity (Wildman–Crippen MR) is 131 cm³/mol. The largest absolute Gasteiger partial charge is 0.325 e. The van der Waals surface area contributed by atoms with Crippen LogP contribution in [0.2, 0.25) is 0 Å². The fourth-order valence-corrected chi connectivity index (χ4v) is 6.44. The molecule has 0 spiro atoms. The number of hydrogen-bond acceptors (Lipinski definition) is 6. The lowest BCUT2D eigenvalue weighted by Crippen LogP contribution is -2.27. The fraction of sp³-hybridized carbons (Fsp3) is 0.417. The van der Waals surface area contributed by atoms with Crippen LogP contribution in [-0.2, 0) is 24.2 Å². The third-order valence-corrected chi connectivity index (χ3v) is 8.12. The molecule has 2 heterocycles. The first-order chi connectivity index (χ1) is 15.3. The molecule has 6 nitrogen and oxygen atoms in total. The van der Waals surface area contributed by atoms with Gasteiger partial charge in [0.1, 0.15) is 4.83 Å². The van der Waals surface area contributed by atoms with Gasteiger partial charge in [-0.2, -0.15) is 0 Å². The first-order valence-corrected chi connectivity index (χ1v) is 12.6. The average Bonchev–Trinajstić information content (AvgIpc) is 3.11. The number of benzene rings is 1. The lowest BCUT2D eigenvalue weighted by atomic mass is 9.89. The van der Waals surface area contributed by atoms with Gasteiger partial charge in [0.25, 0.3) is 5.56 Å². The van der Waals surface area contributed by atoms with E-state index in [2.05, 4.69) is 12.2 Å². The number of carbonyl (C=O) groups is 2. The Hall–Kier alpha value is -2.45. The standard InChI is InChI=1S/C24H27N3O3S2/c1-5-27-23(30)20-18-10-9-13(2)11-19(18)32-22(20)26-24(27)31-15(4)21(29)25-17-8-6-7-16(12-17)14(3)28/h6-8,12-13,15H,5,9-11H2,1-4H3,(H,25,29). The van der Waals surface area contributed by atoms with E-state index in [0.29, 0.717) is 28.9 Å². The molecule has 1 aliphatic carbocycles. The van der Waals surface area contributed by atoms with Crippen LogP contribution in [0.1, 0.15) is 54.9 Å². The number of nitrogens with zero attached hydrogens (tertiary/aromatic N) is 2. The van der Waals surface area contributed by atoms with Crippen molar-refractivity contribution in [2.75, 3.05) is 5.32 Å². The molecule has 1 aliphatic rings. The molecule has 8 heteroatoms. The molecule has 0 bridgehead atoms. The molecular weight excluding hydrogens is 442 g/mol. The van der Waals surface area contributed by atoms with E-state index in [4.69, 9.17) is 4.98 Å². The molecule has 2 unspecified atom stereocenters. The Kier molecular flexibility index (Phi) is 6.53. The number of ketones is 1. The van der Waals surface area contributed by atoms with Crippen LogP contribution >= 0.6 is 23.1 Å². The van der Waals surface area contributed by atoms with E-state index in [-0.39, 0.29) is 17.2 Å². The lowest BCUT2D eigenvalue weighted by molar-refractivity contribution is -0.115. The second kappa shape index (κ2) is 9.19. The molecular formula is C24H27N3O3S2. The van der Waals surface area contributed by atoms with Crippen molar-refractivity contribution in [2.24, 2.45) is 5.92 Å². The third kappa shape index (κ3) is 4.38. The van der Waals surface area contributed by atoms with Gasteiger partial charge in [-0.15, -0.1) is 11.3 Å². The molecule has 3 aromatic rings. The minimum atomic E-state index is -0.465. The zero-order valence-electron chi connectivity index (χ0n) is 18.7. The zero-order chi connectivity index (χ0) is 23.0. The van der Waals surface area contributed by atoms with Crippen LogP contribution in [0.4, 0.5) is 5.69 Å². The van der Waals surface area contributed by atoms with Crippen LogP contribution in [0, 0.1) is 5.92 Å². The molecule has 32 heavy (non-hydrogen) atoms. The number of anilines is 1. The highest BCUT2D eigenvalue weighted by Gasteiger charge is 2.26. The minimum absolute atomic E-state index is 0.00572. The fourth-order valence-electron chi connectivity index (χ4n) is 4.05. The summed E-state index contributed by atoms with van der Waals surface area (Å²) in [5.41, 5.74) is 2.29. The molecule has 168 valence electrons. The number of thioether (sulfide) groups is 1. The van der Waals surface area contributed by atoms with E-state index in [1.54, 1.807) is 47.1 Å². The van der Waals surface area contributed by atoms with Crippen LogP contribution in [0.25, 0.3) is 10.2 Å². The topological polar surface area (TPSA) is 81.1 Å². The summed E-state index contributed by atoms with van der Waals surface area (Å²) in [6, 6.07) is 6.89. The van der Waals surface area contributed by atoms with Crippen LogP contribution in [-0.4, -0.2) is 26.5 Å². The Balaban J connectivity index is 1.60. The van der Waals surface area contributed by atoms with Gasteiger partial charge in [-0.25, -0.2) is 4.98 Å². The number of rotatable bonds is 6. The molecule has 1 amide bonds. The monoisotopic (exact) mass is 469 g/mol. The van der Waals surface area contributed by atoms with Gasteiger partial charge in [-0.1, -0.05) is 30.8 Å². The van der Waals surface area contributed by atoms with Crippen molar-refractivity contribution >= 4 is 50.7 Å². The van der Waals surface area contributed by atoms with E-state index < -0.39 is 5.25 Å². The summed E-state index contributed by atoms with van der Waals surface area (Å²) in [4.78, 5) is 44.6. The van der Waals surface area contributed by atoms with Crippen molar-refractivity contribution < 1.29 is 9.59 Å². The number of carbonyl (C=O) groups excluding carboxylic acids is 2. The Morgan fingerprint density at radius 3 is 2.88 bits per heavy atom. The van der Waals surface area contributed by atoms with E-state index in [1.165, 1.54) is 29.1 Å². The van der Waals surface area contributed by atoms with Crippen LogP contribution < -0.4 is 10.9 Å². The summed E-state index contributed by atoms with van der Waals surface area (Å²) in [5, 5.41) is 3.73. The zero-order valence-corrected chi connectivity index (χ0v) is 20.4. The van der Waals surface area contributed by atoms with Crippen molar-refractivity contribution in [2.45, 2.75) is 63.9 Å². The summed E-state index contributed by atoms with van der Waals surface area (Å²) < 4.78 is 1.68. The van der Waals surface area contributed by atoms with Crippen molar-refractivity contribution in [3.8, 4) is 0 Å². The maximum absolute atomic E-state index is 13.3. The highest BCUT2D eigenvalue weighted by Crippen LogP contribution is 2.37. The van der Waals surface area contributed by atoms with Gasteiger partial charge in [0, 0.05) is 22.7 Å². The van der Waals surface area contributed by atoms with Gasteiger partial charge in [-0.3, -0.25) is 19.0 Å². The Morgan fingerprint density at radius 1 is 1.38 bits per heavy atom. The molecule has 0 radical (unpaired) electrons. The van der Waals surface area contributed by atoms with E-state index in [1.807, 2.05) is 6.92 Å². The first-order valence-electron chi connectivity index (χ1n) is 10.9. The van der Waals surface area contributed by atoms with Crippen molar-refractivity contribution in [3.63, 3.8) is 0 Å². The summed E-state index contributed by atoms with van der Waals surface area (Å²) in [5.74, 6) is 0.371. The number of nitrogens with one attached hydrogen (secondary N) is 1. The van der Waals surface area contributed by atoms with Gasteiger partial charge < -0.3 is 5.32 Å². The number of aryl methyl sites for hydroxylation is 1. The maximum Gasteiger partial charge on any atom is 0.263 e. The Bertz CT molecular complexity index is 1260. The SMILES string of the molecule is CCn1c(SC(C)C(=O)Nc2cccc(C(C)=O)c2)nc2sc3c(c2c1=O)CCC(C)C3. The number of amides is 1. The summed E-state index contributed by atoms with van der Waals surface area (Å²) in [6.45, 7) is 7.97. The number of aromatic nitrogens is 2. The first kappa shape index (κ1) is 22.7. The van der Waals surface area contributed by atoms with Crippen molar-refractivity contribution in [3.05, 3.63) is 50.6 Å². The van der Waals surface area contributed by atoms with Crippen LogP contribution in [0.5, 0.6) is 0 Å². The highest BCUT2D eigenvalue weighted by atomic mass is 32.2. The summed E-state index contributed by atoms with van der Waals surface area (Å²) in [7, 11) is 0. The maximum atomic E-state index is 13.3. The highest BCUT2D eigenvalue weighted by molar-refractivity contribution is 8.00. The summed E-state index contributed by atoms with van der Waals surface area (Å²) in [6.07, 6.45) is 3.03.